The van der Waals surface area contributed by atoms with Crippen molar-refractivity contribution in [2.75, 3.05) is 10.6 Å². The zero-order valence-electron chi connectivity index (χ0n) is 15.6. The van der Waals surface area contributed by atoms with E-state index in [4.69, 9.17) is 5.11 Å². The Kier molecular flexibility index (Phi) is 7.45. The summed E-state index contributed by atoms with van der Waals surface area (Å²) in [5.41, 5.74) is 0.669. The Hall–Kier alpha value is -3.00. The maximum absolute atomic E-state index is 12.4. The first kappa shape index (κ1) is 21.3. The summed E-state index contributed by atoms with van der Waals surface area (Å²) in [5, 5.41) is 23.6. The molecule has 1 unspecified atom stereocenters. The highest BCUT2D eigenvalue weighted by Gasteiger charge is 2.17. The lowest BCUT2D eigenvalue weighted by Gasteiger charge is -2.13. The smallest absolute Gasteiger partial charge is 0.339 e. The number of nitrogens with one attached hydrogen (secondary N) is 2. The molecule has 0 heterocycles. The number of phenols is 1. The predicted molar refractivity (Wildman–Crippen MR) is 109 cm³/mol. The van der Waals surface area contributed by atoms with E-state index in [-0.39, 0.29) is 28.8 Å². The minimum Gasteiger partial charge on any atom is -0.507 e. The van der Waals surface area contributed by atoms with Gasteiger partial charge in [-0.3, -0.25) is 9.59 Å². The van der Waals surface area contributed by atoms with Gasteiger partial charge in [0.1, 0.15) is 11.3 Å². The van der Waals surface area contributed by atoms with Crippen molar-refractivity contribution in [1.82, 2.24) is 0 Å². The highest BCUT2D eigenvalue weighted by Crippen LogP contribution is 2.27. The van der Waals surface area contributed by atoms with Crippen LogP contribution in [0.2, 0.25) is 0 Å². The fraction of sp³-hybridized carbons (Fsp3) is 0.250. The van der Waals surface area contributed by atoms with Gasteiger partial charge in [0.2, 0.25) is 11.8 Å². The number of hydrogen-bond acceptors (Lipinski definition) is 5. The lowest BCUT2D eigenvalue weighted by Crippen LogP contribution is -2.22. The molecule has 2 aromatic rings. The molecule has 1 atom stereocenters. The number of rotatable bonds is 8. The molecule has 2 amide bonds. The Morgan fingerprint density at radius 2 is 1.79 bits per heavy atom. The number of hydrogen-bond donors (Lipinski definition) is 4. The van der Waals surface area contributed by atoms with E-state index in [0.29, 0.717) is 12.1 Å². The molecule has 2 rings (SSSR count). The summed E-state index contributed by atoms with van der Waals surface area (Å²) in [6.07, 6.45) is 1.21. The molecule has 28 heavy (non-hydrogen) atoms. The van der Waals surface area contributed by atoms with Crippen molar-refractivity contribution in [2.24, 2.45) is 0 Å². The average Bonchev–Trinajstić information content (AvgIpc) is 2.63. The van der Waals surface area contributed by atoms with Crippen molar-refractivity contribution in [2.45, 2.75) is 36.8 Å². The van der Waals surface area contributed by atoms with Gasteiger partial charge >= 0.3 is 5.97 Å². The number of carboxylic acid groups (broad SMARTS) is 1. The van der Waals surface area contributed by atoms with E-state index in [9.17, 15) is 19.5 Å². The maximum Gasteiger partial charge on any atom is 0.339 e. The second-order valence-corrected chi connectivity index (χ2v) is 7.53. The predicted octanol–water partition coefficient (Wildman–Crippen LogP) is 3.95. The molecule has 7 nitrogen and oxygen atoms in total. The average molecular weight is 402 g/mol. The molecule has 148 valence electrons. The summed E-state index contributed by atoms with van der Waals surface area (Å²) in [6.45, 7) is 3.65. The summed E-state index contributed by atoms with van der Waals surface area (Å²) >= 11 is 1.31. The third-order valence-electron chi connectivity index (χ3n) is 3.77. The Balaban J connectivity index is 2.02. The molecular weight excluding hydrogens is 380 g/mol. The third-order valence-corrected chi connectivity index (χ3v) is 4.87. The first-order valence-corrected chi connectivity index (χ1v) is 9.62. The quantitative estimate of drug-likeness (QED) is 0.392. The number of carbonyl (C=O) groups is 3. The topological polar surface area (TPSA) is 116 Å². The number of anilines is 2. The normalized spacial score (nSPS) is 11.5. The van der Waals surface area contributed by atoms with E-state index < -0.39 is 11.2 Å². The molecule has 8 heteroatoms. The number of thioether (sulfide) groups is 1. The van der Waals surface area contributed by atoms with Crippen molar-refractivity contribution in [1.29, 1.82) is 0 Å². The monoisotopic (exact) mass is 402 g/mol. The van der Waals surface area contributed by atoms with E-state index in [0.717, 1.165) is 11.3 Å². The highest BCUT2D eigenvalue weighted by molar-refractivity contribution is 8.00. The fourth-order valence-electron chi connectivity index (χ4n) is 2.38. The van der Waals surface area contributed by atoms with E-state index in [1.165, 1.54) is 30.0 Å². The maximum atomic E-state index is 12.4. The summed E-state index contributed by atoms with van der Waals surface area (Å²) in [7, 11) is 0. The second kappa shape index (κ2) is 9.80. The molecule has 0 spiro atoms. The van der Waals surface area contributed by atoms with Crippen molar-refractivity contribution < 1.29 is 24.6 Å². The van der Waals surface area contributed by atoms with Crippen LogP contribution in [0.25, 0.3) is 0 Å². The number of aromatic carboxylic acids is 1. The Morgan fingerprint density at radius 1 is 1.07 bits per heavy atom. The van der Waals surface area contributed by atoms with Crippen molar-refractivity contribution >= 4 is 40.9 Å². The molecule has 0 aliphatic heterocycles. The van der Waals surface area contributed by atoms with E-state index in [2.05, 4.69) is 10.6 Å². The fourth-order valence-corrected chi connectivity index (χ4v) is 3.31. The molecule has 0 aliphatic rings. The molecule has 0 radical (unpaired) electrons. The van der Waals surface area contributed by atoms with Gasteiger partial charge in [-0.2, -0.15) is 0 Å². The molecule has 0 saturated carbocycles. The van der Waals surface area contributed by atoms with Crippen LogP contribution in [0.1, 0.15) is 37.0 Å². The number of carboxylic acids is 1. The van der Waals surface area contributed by atoms with Gasteiger partial charge in [-0.15, -0.1) is 11.8 Å². The molecule has 2 aromatic carbocycles. The minimum atomic E-state index is -1.28. The number of amides is 2. The van der Waals surface area contributed by atoms with Crippen molar-refractivity contribution in [3.8, 4) is 5.75 Å². The summed E-state index contributed by atoms with van der Waals surface area (Å²) in [5.74, 6) is -2.02. The van der Waals surface area contributed by atoms with Crippen LogP contribution in [0.4, 0.5) is 11.4 Å². The molecule has 0 aliphatic carbocycles. The highest BCUT2D eigenvalue weighted by atomic mass is 32.2. The standard InChI is InChI=1S/C20H22N2O5S/c1-3-5-18(24)21-13-6-4-7-15(10-13)28-12(2)19(25)22-14-8-9-17(23)16(11-14)20(26)27/h4,6-12,23H,3,5H2,1-2H3,(H,21,24)(H,22,25)(H,26,27). The lowest BCUT2D eigenvalue weighted by atomic mass is 10.2. The summed E-state index contributed by atoms with van der Waals surface area (Å²) in [6, 6.07) is 11.1. The van der Waals surface area contributed by atoms with Gasteiger partial charge < -0.3 is 20.8 Å². The van der Waals surface area contributed by atoms with E-state index >= 15 is 0 Å². The van der Waals surface area contributed by atoms with Crippen molar-refractivity contribution in [3.63, 3.8) is 0 Å². The van der Waals surface area contributed by atoms with Gasteiger partial charge in [0.25, 0.3) is 0 Å². The van der Waals surface area contributed by atoms with Gasteiger partial charge in [0.15, 0.2) is 0 Å². The van der Waals surface area contributed by atoms with Crippen LogP contribution in [-0.2, 0) is 9.59 Å². The summed E-state index contributed by atoms with van der Waals surface area (Å²) in [4.78, 5) is 36.0. The largest absolute Gasteiger partial charge is 0.507 e. The molecule has 0 bridgehead atoms. The van der Waals surface area contributed by atoms with Crippen LogP contribution in [0.3, 0.4) is 0 Å². The van der Waals surface area contributed by atoms with Crippen LogP contribution < -0.4 is 10.6 Å². The first-order chi connectivity index (χ1) is 13.3. The van der Waals surface area contributed by atoms with Gasteiger partial charge in [-0.25, -0.2) is 4.79 Å². The molecule has 4 N–H and O–H groups in total. The number of benzene rings is 2. The second-order valence-electron chi connectivity index (χ2n) is 6.11. The summed E-state index contributed by atoms with van der Waals surface area (Å²) < 4.78 is 0. The van der Waals surface area contributed by atoms with Crippen LogP contribution in [0.5, 0.6) is 5.75 Å². The SMILES string of the molecule is CCCC(=O)Nc1cccc(SC(C)C(=O)Nc2ccc(O)c(C(=O)O)c2)c1. The van der Waals surface area contributed by atoms with Crippen molar-refractivity contribution in [3.05, 3.63) is 48.0 Å². The molecular formula is C20H22N2O5S. The zero-order chi connectivity index (χ0) is 20.7. The Bertz CT molecular complexity index is 885. The molecule has 0 aromatic heterocycles. The van der Waals surface area contributed by atoms with Gasteiger partial charge in [0.05, 0.1) is 5.25 Å². The van der Waals surface area contributed by atoms with Gasteiger partial charge in [-0.05, 0) is 49.7 Å². The van der Waals surface area contributed by atoms with Gasteiger partial charge in [0, 0.05) is 22.7 Å². The van der Waals surface area contributed by atoms with Gasteiger partial charge in [-0.1, -0.05) is 13.0 Å². The van der Waals surface area contributed by atoms with Crippen LogP contribution >= 0.6 is 11.8 Å². The number of aromatic hydroxyl groups is 1. The van der Waals surface area contributed by atoms with Crippen LogP contribution in [-0.4, -0.2) is 33.2 Å². The Labute approximate surface area is 167 Å². The first-order valence-electron chi connectivity index (χ1n) is 8.74. The van der Waals surface area contributed by atoms with E-state index in [1.54, 1.807) is 25.1 Å². The lowest BCUT2D eigenvalue weighted by molar-refractivity contribution is -0.116. The Morgan fingerprint density at radius 3 is 2.46 bits per heavy atom. The minimum absolute atomic E-state index is 0.0583. The van der Waals surface area contributed by atoms with E-state index in [1.807, 2.05) is 13.0 Å². The molecule has 0 saturated heterocycles. The zero-order valence-corrected chi connectivity index (χ0v) is 16.4. The van der Waals surface area contributed by atoms with Crippen LogP contribution in [0.15, 0.2) is 47.4 Å². The third kappa shape index (κ3) is 6.02. The number of carbonyl (C=O) groups excluding carboxylic acids is 2. The van der Waals surface area contributed by atoms with Crippen LogP contribution in [0, 0.1) is 0 Å². The molecule has 0 fully saturated rings.